The molecule has 0 saturated carbocycles. The maximum absolute atomic E-state index is 13.7. The van der Waals surface area contributed by atoms with Crippen LogP contribution in [0.25, 0.3) is 16.9 Å². The van der Waals surface area contributed by atoms with Crippen molar-refractivity contribution in [2.75, 3.05) is 0 Å². The van der Waals surface area contributed by atoms with Crippen molar-refractivity contribution < 1.29 is 18.0 Å². The van der Waals surface area contributed by atoms with Crippen LogP contribution in [0.1, 0.15) is 41.9 Å². The molecule has 5 nitrogen and oxygen atoms in total. The number of hydrogen-bond acceptors (Lipinski definition) is 3. The van der Waals surface area contributed by atoms with Gasteiger partial charge in [0.2, 0.25) is 0 Å². The van der Waals surface area contributed by atoms with Crippen molar-refractivity contribution in [3.63, 3.8) is 0 Å². The van der Waals surface area contributed by atoms with Crippen molar-refractivity contribution in [3.05, 3.63) is 53.3 Å². The largest absolute Gasteiger partial charge is 0.433 e. The van der Waals surface area contributed by atoms with Crippen LogP contribution in [0.3, 0.4) is 0 Å². The standard InChI is InChI=1S/C21H19F3N4O/c1-5-20(4,6-2)27-19(29)15-12-25-28-17(21(22,23)24)11-16(26-18(15)28)14-9-7-13(3)8-10-14/h1,7-12H,6H2,2-4H3,(H,27,29)/t20-/m0/s1. The Kier molecular flexibility index (Phi) is 5.09. The maximum atomic E-state index is 13.7. The van der Waals surface area contributed by atoms with E-state index in [-0.39, 0.29) is 16.9 Å². The number of terminal acetylenes is 1. The van der Waals surface area contributed by atoms with Gasteiger partial charge in [-0.25, -0.2) is 9.50 Å². The minimum atomic E-state index is -4.68. The number of halogens is 3. The first-order valence-electron chi connectivity index (χ1n) is 8.91. The molecule has 8 heteroatoms. The number of amides is 1. The van der Waals surface area contributed by atoms with Gasteiger partial charge in [-0.2, -0.15) is 18.3 Å². The molecule has 0 spiro atoms. The lowest BCUT2D eigenvalue weighted by molar-refractivity contribution is -0.142. The summed E-state index contributed by atoms with van der Waals surface area (Å²) in [4.78, 5) is 17.0. The minimum absolute atomic E-state index is 0.0839. The molecule has 2 heterocycles. The average molecular weight is 400 g/mol. The van der Waals surface area contributed by atoms with Gasteiger partial charge < -0.3 is 5.32 Å². The van der Waals surface area contributed by atoms with Crippen molar-refractivity contribution in [2.45, 2.75) is 38.9 Å². The predicted molar refractivity (Wildman–Crippen MR) is 103 cm³/mol. The second-order valence-electron chi connectivity index (χ2n) is 6.97. The van der Waals surface area contributed by atoms with E-state index in [1.54, 1.807) is 38.1 Å². The fraction of sp³-hybridized carbons (Fsp3) is 0.286. The molecule has 2 aromatic heterocycles. The van der Waals surface area contributed by atoms with E-state index in [2.05, 4.69) is 21.3 Å². The van der Waals surface area contributed by atoms with E-state index in [9.17, 15) is 18.0 Å². The molecule has 0 bridgehead atoms. The number of rotatable bonds is 4. The molecule has 150 valence electrons. The summed E-state index contributed by atoms with van der Waals surface area (Å²) in [6.07, 6.45) is 2.31. The van der Waals surface area contributed by atoms with Crippen LogP contribution >= 0.6 is 0 Å². The number of fused-ring (bicyclic) bond motifs is 1. The molecule has 0 saturated heterocycles. The number of alkyl halides is 3. The van der Waals surface area contributed by atoms with Crippen LogP contribution in [0.2, 0.25) is 0 Å². The second kappa shape index (κ2) is 7.24. The zero-order valence-corrected chi connectivity index (χ0v) is 16.1. The van der Waals surface area contributed by atoms with Crippen molar-refractivity contribution in [3.8, 4) is 23.6 Å². The summed E-state index contributed by atoms with van der Waals surface area (Å²) in [6.45, 7) is 5.33. The highest BCUT2D eigenvalue weighted by molar-refractivity contribution is 6.00. The summed E-state index contributed by atoms with van der Waals surface area (Å²) >= 11 is 0. The lowest BCUT2D eigenvalue weighted by Gasteiger charge is -2.23. The molecule has 3 rings (SSSR count). The Labute approximate surface area is 166 Å². The first-order valence-corrected chi connectivity index (χ1v) is 8.91. The van der Waals surface area contributed by atoms with Gasteiger partial charge in [0, 0.05) is 5.56 Å². The normalized spacial score (nSPS) is 13.7. The number of hydrogen-bond donors (Lipinski definition) is 1. The van der Waals surface area contributed by atoms with Gasteiger partial charge in [-0.3, -0.25) is 4.79 Å². The fourth-order valence-electron chi connectivity index (χ4n) is 2.74. The Morgan fingerprint density at radius 1 is 1.28 bits per heavy atom. The van der Waals surface area contributed by atoms with E-state index in [4.69, 9.17) is 6.42 Å². The van der Waals surface area contributed by atoms with Gasteiger partial charge in [-0.1, -0.05) is 42.7 Å². The summed E-state index contributed by atoms with van der Waals surface area (Å²) in [6, 6.07) is 7.83. The Morgan fingerprint density at radius 2 is 1.93 bits per heavy atom. The summed E-state index contributed by atoms with van der Waals surface area (Å²) < 4.78 is 41.6. The molecule has 1 aromatic carbocycles. The third kappa shape index (κ3) is 3.94. The molecule has 29 heavy (non-hydrogen) atoms. The van der Waals surface area contributed by atoms with Crippen LogP contribution in [-0.2, 0) is 6.18 Å². The van der Waals surface area contributed by atoms with Crippen molar-refractivity contribution in [1.82, 2.24) is 19.9 Å². The third-order valence-electron chi connectivity index (χ3n) is 4.77. The van der Waals surface area contributed by atoms with Crippen LogP contribution in [0.5, 0.6) is 0 Å². The van der Waals surface area contributed by atoms with Crippen molar-refractivity contribution >= 4 is 11.6 Å². The highest BCUT2D eigenvalue weighted by Crippen LogP contribution is 2.32. The number of aromatic nitrogens is 3. The smallest absolute Gasteiger partial charge is 0.336 e. The molecular weight excluding hydrogens is 381 g/mol. The van der Waals surface area contributed by atoms with Crippen LogP contribution in [-0.4, -0.2) is 26.0 Å². The molecular formula is C21H19F3N4O. The molecule has 1 atom stereocenters. The van der Waals surface area contributed by atoms with E-state index in [0.717, 1.165) is 17.8 Å². The molecule has 3 aromatic rings. The summed E-state index contributed by atoms with van der Waals surface area (Å²) in [5.41, 5.74) is -0.682. The molecule has 0 unspecified atom stereocenters. The number of nitrogens with zero attached hydrogens (tertiary/aromatic N) is 3. The van der Waals surface area contributed by atoms with E-state index in [1.807, 2.05) is 6.92 Å². The Hall–Kier alpha value is -3.34. The van der Waals surface area contributed by atoms with Crippen molar-refractivity contribution in [2.24, 2.45) is 0 Å². The molecule has 0 fully saturated rings. The average Bonchev–Trinajstić information content (AvgIpc) is 3.11. The first-order chi connectivity index (χ1) is 13.6. The quantitative estimate of drug-likeness (QED) is 0.666. The predicted octanol–water partition coefficient (Wildman–Crippen LogP) is 4.26. The summed E-state index contributed by atoms with van der Waals surface area (Å²) in [5, 5.41) is 6.42. The monoisotopic (exact) mass is 400 g/mol. The molecule has 1 amide bonds. The molecule has 0 aliphatic heterocycles. The van der Waals surface area contributed by atoms with E-state index in [0.29, 0.717) is 16.5 Å². The van der Waals surface area contributed by atoms with E-state index >= 15 is 0 Å². The van der Waals surface area contributed by atoms with Gasteiger partial charge in [0.05, 0.1) is 17.4 Å². The molecule has 0 aliphatic rings. The lowest BCUT2D eigenvalue weighted by atomic mass is 10.00. The zero-order chi connectivity index (χ0) is 21.4. The van der Waals surface area contributed by atoms with Gasteiger partial charge in [-0.05, 0) is 26.3 Å². The Bertz CT molecular complexity index is 1110. The lowest BCUT2D eigenvalue weighted by Crippen LogP contribution is -2.44. The third-order valence-corrected chi connectivity index (χ3v) is 4.77. The highest BCUT2D eigenvalue weighted by Gasteiger charge is 2.36. The Balaban J connectivity index is 2.19. The number of aryl methyl sites for hydroxylation is 1. The van der Waals surface area contributed by atoms with Crippen LogP contribution in [0.4, 0.5) is 13.2 Å². The van der Waals surface area contributed by atoms with Gasteiger partial charge in [0.15, 0.2) is 11.3 Å². The van der Waals surface area contributed by atoms with Crippen LogP contribution in [0, 0.1) is 19.3 Å². The van der Waals surface area contributed by atoms with Gasteiger partial charge >= 0.3 is 6.18 Å². The maximum Gasteiger partial charge on any atom is 0.433 e. The number of benzene rings is 1. The van der Waals surface area contributed by atoms with Crippen molar-refractivity contribution in [1.29, 1.82) is 0 Å². The van der Waals surface area contributed by atoms with E-state index in [1.165, 1.54) is 0 Å². The molecule has 0 radical (unpaired) electrons. The number of carbonyl (C=O) groups is 1. The summed E-state index contributed by atoms with van der Waals surface area (Å²) in [5.74, 6) is 1.85. The topological polar surface area (TPSA) is 59.3 Å². The van der Waals surface area contributed by atoms with Crippen LogP contribution in [0.15, 0.2) is 36.5 Å². The molecule has 1 N–H and O–H groups in total. The number of carbonyl (C=O) groups excluding carboxylic acids is 1. The second-order valence-corrected chi connectivity index (χ2v) is 6.97. The van der Waals surface area contributed by atoms with Crippen LogP contribution < -0.4 is 5.32 Å². The molecule has 0 aliphatic carbocycles. The fourth-order valence-corrected chi connectivity index (χ4v) is 2.74. The zero-order valence-electron chi connectivity index (χ0n) is 16.1. The van der Waals surface area contributed by atoms with Gasteiger partial charge in [-0.15, -0.1) is 6.42 Å². The van der Waals surface area contributed by atoms with Gasteiger partial charge in [0.1, 0.15) is 5.56 Å². The number of nitrogens with one attached hydrogen (secondary N) is 1. The first kappa shape index (κ1) is 20.4. The highest BCUT2D eigenvalue weighted by atomic mass is 19.4. The minimum Gasteiger partial charge on any atom is -0.336 e. The summed E-state index contributed by atoms with van der Waals surface area (Å²) in [7, 11) is 0. The Morgan fingerprint density at radius 3 is 2.48 bits per heavy atom. The van der Waals surface area contributed by atoms with Gasteiger partial charge in [0.25, 0.3) is 5.91 Å². The SMILES string of the molecule is C#C[C@@](C)(CC)NC(=O)c1cnn2c(C(F)(F)F)cc(-c3ccc(C)cc3)nc12. The van der Waals surface area contributed by atoms with E-state index < -0.39 is 23.3 Å².